The van der Waals surface area contributed by atoms with Gasteiger partial charge in [-0.3, -0.25) is 0 Å². The van der Waals surface area contributed by atoms with Crippen LogP contribution in [0.5, 0.6) is 0 Å². The van der Waals surface area contributed by atoms with Crippen molar-refractivity contribution in [3.05, 3.63) is 28.2 Å². The fourth-order valence-corrected chi connectivity index (χ4v) is 3.05. The summed E-state index contributed by atoms with van der Waals surface area (Å²) in [6, 6.07) is 6.00. The molecule has 0 radical (unpaired) electrons. The van der Waals surface area contributed by atoms with Crippen LogP contribution in [0.1, 0.15) is 45.1 Å². The number of hydrogen-bond donors (Lipinski definition) is 2. The van der Waals surface area contributed by atoms with Crippen molar-refractivity contribution < 1.29 is 0 Å². The number of hydrogen-bond acceptors (Lipinski definition) is 2. The van der Waals surface area contributed by atoms with E-state index in [1.165, 1.54) is 25.7 Å². The lowest BCUT2D eigenvalue weighted by Crippen LogP contribution is -2.18. The van der Waals surface area contributed by atoms with E-state index in [-0.39, 0.29) is 0 Å². The molecule has 2 nitrogen and oxygen atoms in total. The predicted molar refractivity (Wildman–Crippen MR) is 91.8 cm³/mol. The van der Waals surface area contributed by atoms with Crippen molar-refractivity contribution in [3.63, 3.8) is 0 Å². The van der Waals surface area contributed by atoms with E-state index in [1.54, 1.807) is 0 Å². The first-order valence-corrected chi connectivity index (χ1v) is 8.12. The molecule has 0 amide bonds. The molecule has 0 spiro atoms. The van der Waals surface area contributed by atoms with Crippen molar-refractivity contribution in [1.29, 1.82) is 0 Å². The lowest BCUT2D eigenvalue weighted by atomic mass is 9.99. The third-order valence-electron chi connectivity index (χ3n) is 3.38. The molecule has 1 aromatic carbocycles. The maximum Gasteiger partial charge on any atom is 0.107 e. The molecule has 1 rings (SSSR count). The molecule has 0 heterocycles. The van der Waals surface area contributed by atoms with Gasteiger partial charge in [-0.05, 0) is 40.4 Å². The number of nitrogens with one attached hydrogen (secondary N) is 1. The monoisotopic (exact) mass is 342 g/mol. The summed E-state index contributed by atoms with van der Waals surface area (Å²) in [7, 11) is 0. The third-order valence-corrected chi connectivity index (χ3v) is 4.25. The van der Waals surface area contributed by atoms with Crippen LogP contribution in [-0.4, -0.2) is 11.5 Å². The minimum atomic E-state index is 0.427. The second-order valence-electron chi connectivity index (χ2n) is 4.82. The molecule has 0 aliphatic heterocycles. The van der Waals surface area contributed by atoms with Gasteiger partial charge in [0, 0.05) is 22.3 Å². The van der Waals surface area contributed by atoms with E-state index < -0.39 is 0 Å². The van der Waals surface area contributed by atoms with Gasteiger partial charge < -0.3 is 11.1 Å². The first-order chi connectivity index (χ1) is 9.10. The zero-order valence-corrected chi connectivity index (χ0v) is 14.1. The first kappa shape index (κ1) is 16.4. The van der Waals surface area contributed by atoms with Gasteiger partial charge in [-0.25, -0.2) is 0 Å². The summed E-state index contributed by atoms with van der Waals surface area (Å²) in [4.78, 5) is 0.427. The van der Waals surface area contributed by atoms with Crippen molar-refractivity contribution in [3.8, 4) is 0 Å². The van der Waals surface area contributed by atoms with Crippen LogP contribution < -0.4 is 11.1 Å². The van der Waals surface area contributed by atoms with Crippen molar-refractivity contribution >= 4 is 38.8 Å². The van der Waals surface area contributed by atoms with Gasteiger partial charge in [0.1, 0.15) is 4.99 Å². The van der Waals surface area contributed by atoms with Crippen LogP contribution >= 0.6 is 28.1 Å². The van der Waals surface area contributed by atoms with Crippen LogP contribution in [0.4, 0.5) is 5.69 Å². The Bertz CT molecular complexity index is 421. The molecule has 0 saturated heterocycles. The highest BCUT2D eigenvalue weighted by Gasteiger charge is 2.11. The average molecular weight is 343 g/mol. The SMILES string of the molecule is CCCCC(CC)CNc1cccc(Br)c1C(N)=S. The second kappa shape index (κ2) is 8.54. The van der Waals surface area contributed by atoms with Crippen molar-refractivity contribution in [2.75, 3.05) is 11.9 Å². The highest BCUT2D eigenvalue weighted by atomic mass is 79.9. The lowest BCUT2D eigenvalue weighted by Gasteiger charge is -2.18. The maximum atomic E-state index is 5.80. The number of anilines is 1. The normalized spacial score (nSPS) is 12.2. The third kappa shape index (κ3) is 5.11. The van der Waals surface area contributed by atoms with Gasteiger partial charge >= 0.3 is 0 Å². The fraction of sp³-hybridized carbons (Fsp3) is 0.533. The Kier molecular flexibility index (Phi) is 7.39. The Morgan fingerprint density at radius 2 is 2.16 bits per heavy atom. The van der Waals surface area contributed by atoms with E-state index >= 15 is 0 Å². The summed E-state index contributed by atoms with van der Waals surface area (Å²) in [5.74, 6) is 0.707. The summed E-state index contributed by atoms with van der Waals surface area (Å²) in [6.45, 7) is 5.46. The number of nitrogens with two attached hydrogens (primary N) is 1. The van der Waals surface area contributed by atoms with E-state index in [4.69, 9.17) is 18.0 Å². The van der Waals surface area contributed by atoms with Gasteiger partial charge in [0.05, 0.1) is 0 Å². The van der Waals surface area contributed by atoms with Gasteiger partial charge in [0.2, 0.25) is 0 Å². The van der Waals surface area contributed by atoms with Crippen LogP contribution in [0.2, 0.25) is 0 Å². The smallest absolute Gasteiger partial charge is 0.107 e. The van der Waals surface area contributed by atoms with Crippen molar-refractivity contribution in [2.45, 2.75) is 39.5 Å². The maximum absolute atomic E-state index is 5.80. The van der Waals surface area contributed by atoms with Crippen LogP contribution in [0.25, 0.3) is 0 Å². The number of benzene rings is 1. The van der Waals surface area contributed by atoms with Gasteiger partial charge in [0.15, 0.2) is 0 Å². The number of halogens is 1. The molecule has 0 aliphatic carbocycles. The molecule has 0 fully saturated rings. The molecule has 0 aromatic heterocycles. The molecular formula is C15H23BrN2S. The molecule has 0 aliphatic rings. The van der Waals surface area contributed by atoms with Crippen LogP contribution in [-0.2, 0) is 0 Å². The number of thiocarbonyl (C=S) groups is 1. The lowest BCUT2D eigenvalue weighted by molar-refractivity contribution is 0.473. The minimum Gasteiger partial charge on any atom is -0.389 e. The van der Waals surface area contributed by atoms with Gasteiger partial charge in [0.25, 0.3) is 0 Å². The van der Waals surface area contributed by atoms with E-state index in [0.29, 0.717) is 10.9 Å². The highest BCUT2D eigenvalue weighted by molar-refractivity contribution is 9.10. The van der Waals surface area contributed by atoms with Gasteiger partial charge in [-0.2, -0.15) is 0 Å². The minimum absolute atomic E-state index is 0.427. The zero-order chi connectivity index (χ0) is 14.3. The Morgan fingerprint density at radius 1 is 1.42 bits per heavy atom. The van der Waals surface area contributed by atoms with Crippen LogP contribution in [0.15, 0.2) is 22.7 Å². The predicted octanol–water partition coefficient (Wildman–Crippen LogP) is 4.71. The summed E-state index contributed by atoms with van der Waals surface area (Å²) in [5, 5.41) is 3.50. The molecule has 0 bridgehead atoms. The highest BCUT2D eigenvalue weighted by Crippen LogP contribution is 2.25. The van der Waals surface area contributed by atoms with E-state index in [0.717, 1.165) is 22.3 Å². The van der Waals surface area contributed by atoms with E-state index in [9.17, 15) is 0 Å². The summed E-state index contributed by atoms with van der Waals surface area (Å²) in [6.07, 6.45) is 5.02. The van der Waals surface area contributed by atoms with E-state index in [2.05, 4.69) is 35.1 Å². The quantitative estimate of drug-likeness (QED) is 0.671. The second-order valence-corrected chi connectivity index (χ2v) is 6.12. The van der Waals surface area contributed by atoms with Gasteiger partial charge in [-0.1, -0.05) is 51.4 Å². The Balaban J connectivity index is 2.71. The first-order valence-electron chi connectivity index (χ1n) is 6.92. The number of unbranched alkanes of at least 4 members (excludes halogenated alkanes) is 1. The summed E-state index contributed by atoms with van der Waals surface area (Å²) in [5.41, 5.74) is 7.73. The largest absolute Gasteiger partial charge is 0.389 e. The molecule has 106 valence electrons. The van der Waals surface area contributed by atoms with Crippen molar-refractivity contribution in [1.82, 2.24) is 0 Å². The van der Waals surface area contributed by atoms with Crippen molar-refractivity contribution in [2.24, 2.45) is 11.7 Å². The number of rotatable bonds is 8. The Morgan fingerprint density at radius 3 is 2.74 bits per heavy atom. The fourth-order valence-electron chi connectivity index (χ4n) is 2.12. The molecule has 1 unspecified atom stereocenters. The summed E-state index contributed by atoms with van der Waals surface area (Å²) < 4.78 is 0.951. The Hall–Kier alpha value is -0.610. The van der Waals surface area contributed by atoms with E-state index in [1.807, 2.05) is 18.2 Å². The molecular weight excluding hydrogens is 320 g/mol. The molecule has 1 atom stereocenters. The Labute approximate surface area is 130 Å². The molecule has 4 heteroatoms. The summed E-state index contributed by atoms with van der Waals surface area (Å²) >= 11 is 8.63. The molecule has 19 heavy (non-hydrogen) atoms. The zero-order valence-electron chi connectivity index (χ0n) is 11.7. The van der Waals surface area contributed by atoms with Crippen LogP contribution in [0.3, 0.4) is 0 Å². The topological polar surface area (TPSA) is 38.0 Å². The molecule has 0 saturated carbocycles. The van der Waals surface area contributed by atoms with Gasteiger partial charge in [-0.15, -0.1) is 0 Å². The average Bonchev–Trinajstić information content (AvgIpc) is 2.38. The molecule has 1 aromatic rings. The van der Waals surface area contributed by atoms with Crippen LogP contribution in [0, 0.1) is 5.92 Å². The molecule has 3 N–H and O–H groups in total. The standard InChI is InChI=1S/C15H23BrN2S/c1-3-5-7-11(4-2)10-18-13-9-6-8-12(16)14(13)15(17)19/h6,8-9,11,18H,3-5,7,10H2,1-2H3,(H2,17,19).